The van der Waals surface area contributed by atoms with Gasteiger partial charge in [-0.05, 0) is 36.4 Å². The lowest BCUT2D eigenvalue weighted by molar-refractivity contribution is 0.102. The van der Waals surface area contributed by atoms with Crippen LogP contribution in [0.1, 0.15) is 18.4 Å². The second-order valence-electron chi connectivity index (χ2n) is 5.23. The van der Waals surface area contributed by atoms with Gasteiger partial charge in [0, 0.05) is 18.8 Å². The summed E-state index contributed by atoms with van der Waals surface area (Å²) < 4.78 is 5.83. The van der Waals surface area contributed by atoms with Crippen molar-refractivity contribution in [2.24, 2.45) is 0 Å². The standard InChI is InChI=1S/C16H16N4O2S/c17-10-12-5-6-18-14(9-12)22-13-3-1-7-20(11-13)16(21)19-15-4-2-8-23-15/h2,4-6,8-9,13H,1,3,7,11H2,(H,19,21)/t13-/m0/s1. The van der Waals surface area contributed by atoms with Crippen LogP contribution in [-0.4, -0.2) is 35.1 Å². The predicted molar refractivity (Wildman–Crippen MR) is 87.5 cm³/mol. The number of hydrogen-bond donors (Lipinski definition) is 1. The molecule has 1 saturated heterocycles. The Bertz CT molecular complexity index is 711. The van der Waals surface area contributed by atoms with Gasteiger partial charge in [0.15, 0.2) is 0 Å². The van der Waals surface area contributed by atoms with Crippen molar-refractivity contribution >= 4 is 22.4 Å². The van der Waals surface area contributed by atoms with E-state index in [1.165, 1.54) is 11.3 Å². The number of hydrogen-bond acceptors (Lipinski definition) is 5. The maximum Gasteiger partial charge on any atom is 0.322 e. The van der Waals surface area contributed by atoms with E-state index in [9.17, 15) is 4.79 Å². The highest BCUT2D eigenvalue weighted by molar-refractivity contribution is 7.14. The Kier molecular flexibility index (Phi) is 4.74. The molecule has 23 heavy (non-hydrogen) atoms. The van der Waals surface area contributed by atoms with Gasteiger partial charge in [0.25, 0.3) is 0 Å². The zero-order valence-electron chi connectivity index (χ0n) is 12.4. The number of nitriles is 1. The molecule has 0 aliphatic carbocycles. The van der Waals surface area contributed by atoms with Gasteiger partial charge < -0.3 is 9.64 Å². The van der Waals surface area contributed by atoms with Gasteiger partial charge in [-0.2, -0.15) is 5.26 Å². The SMILES string of the molecule is N#Cc1ccnc(O[C@H]2CCCN(C(=O)Nc3cccs3)C2)c1. The lowest BCUT2D eigenvalue weighted by Crippen LogP contribution is -2.46. The summed E-state index contributed by atoms with van der Waals surface area (Å²) in [6, 6.07) is 8.97. The lowest BCUT2D eigenvalue weighted by Gasteiger charge is -2.32. The van der Waals surface area contributed by atoms with Gasteiger partial charge in [0.2, 0.25) is 5.88 Å². The Morgan fingerprint density at radius 2 is 2.43 bits per heavy atom. The number of likely N-dealkylation sites (tertiary alicyclic amines) is 1. The first-order chi connectivity index (χ1) is 11.2. The summed E-state index contributed by atoms with van der Waals surface area (Å²) in [6.07, 6.45) is 3.18. The molecule has 1 N–H and O–H groups in total. The van der Waals surface area contributed by atoms with Crippen LogP contribution in [0.2, 0.25) is 0 Å². The maximum atomic E-state index is 12.3. The Hall–Kier alpha value is -2.59. The van der Waals surface area contributed by atoms with Crippen molar-refractivity contribution in [2.45, 2.75) is 18.9 Å². The fourth-order valence-electron chi connectivity index (χ4n) is 2.47. The van der Waals surface area contributed by atoms with Crippen LogP contribution in [0.15, 0.2) is 35.8 Å². The van der Waals surface area contributed by atoms with Crippen LogP contribution in [0.4, 0.5) is 9.80 Å². The van der Waals surface area contributed by atoms with Crippen LogP contribution in [-0.2, 0) is 0 Å². The first-order valence-electron chi connectivity index (χ1n) is 7.37. The van der Waals surface area contributed by atoms with Gasteiger partial charge in [0.1, 0.15) is 6.10 Å². The molecule has 3 rings (SSSR count). The molecule has 0 radical (unpaired) electrons. The first-order valence-corrected chi connectivity index (χ1v) is 8.25. The molecule has 2 amide bonds. The van der Waals surface area contributed by atoms with Gasteiger partial charge in [-0.15, -0.1) is 11.3 Å². The van der Waals surface area contributed by atoms with Gasteiger partial charge in [-0.25, -0.2) is 9.78 Å². The van der Waals surface area contributed by atoms with E-state index in [1.54, 1.807) is 23.2 Å². The fraction of sp³-hybridized carbons (Fsp3) is 0.312. The minimum absolute atomic E-state index is 0.112. The lowest BCUT2D eigenvalue weighted by atomic mass is 10.1. The minimum Gasteiger partial charge on any atom is -0.472 e. The molecule has 3 heterocycles. The van der Waals surface area contributed by atoms with Crippen LogP contribution in [0.5, 0.6) is 5.88 Å². The van der Waals surface area contributed by atoms with Gasteiger partial charge in [-0.3, -0.25) is 5.32 Å². The zero-order valence-corrected chi connectivity index (χ0v) is 13.3. The van der Waals surface area contributed by atoms with Crippen LogP contribution < -0.4 is 10.1 Å². The molecule has 0 unspecified atom stereocenters. The Labute approximate surface area is 138 Å². The average molecular weight is 328 g/mol. The Balaban J connectivity index is 1.59. The number of anilines is 1. The Morgan fingerprint density at radius 3 is 3.22 bits per heavy atom. The number of pyridine rings is 1. The summed E-state index contributed by atoms with van der Waals surface area (Å²) in [7, 11) is 0. The maximum absolute atomic E-state index is 12.3. The number of piperidine rings is 1. The van der Waals surface area contributed by atoms with E-state index in [1.807, 2.05) is 17.5 Å². The number of carbonyl (C=O) groups is 1. The van der Waals surface area contributed by atoms with Crippen LogP contribution in [0.25, 0.3) is 0 Å². The molecule has 1 atom stereocenters. The number of rotatable bonds is 3. The molecular weight excluding hydrogens is 312 g/mol. The highest BCUT2D eigenvalue weighted by Gasteiger charge is 2.25. The number of nitrogens with one attached hydrogen (secondary N) is 1. The van der Waals surface area contributed by atoms with Gasteiger partial charge in [-0.1, -0.05) is 0 Å². The first kappa shape index (κ1) is 15.3. The molecule has 1 aliphatic rings. The molecule has 1 fully saturated rings. The van der Waals surface area contributed by atoms with Gasteiger partial charge >= 0.3 is 6.03 Å². The molecule has 6 nitrogen and oxygen atoms in total. The quantitative estimate of drug-likeness (QED) is 0.939. The minimum atomic E-state index is -0.112. The highest BCUT2D eigenvalue weighted by atomic mass is 32.1. The number of aromatic nitrogens is 1. The highest BCUT2D eigenvalue weighted by Crippen LogP contribution is 2.20. The summed E-state index contributed by atoms with van der Waals surface area (Å²) in [5, 5.41) is 14.6. The van der Waals surface area contributed by atoms with E-state index in [2.05, 4.69) is 16.4 Å². The second kappa shape index (κ2) is 7.11. The summed E-state index contributed by atoms with van der Waals surface area (Å²) in [4.78, 5) is 18.1. The number of thiophene rings is 1. The fourth-order valence-corrected chi connectivity index (χ4v) is 3.07. The molecular formula is C16H16N4O2S. The van der Waals surface area contributed by atoms with E-state index in [0.717, 1.165) is 17.8 Å². The van der Waals surface area contributed by atoms with Crippen LogP contribution >= 0.6 is 11.3 Å². The van der Waals surface area contributed by atoms with E-state index in [-0.39, 0.29) is 12.1 Å². The van der Waals surface area contributed by atoms with Crippen molar-refractivity contribution in [2.75, 3.05) is 18.4 Å². The van der Waals surface area contributed by atoms with E-state index in [4.69, 9.17) is 10.00 Å². The van der Waals surface area contributed by atoms with Crippen molar-refractivity contribution in [3.05, 3.63) is 41.4 Å². The van der Waals surface area contributed by atoms with Crippen molar-refractivity contribution in [1.29, 1.82) is 5.26 Å². The van der Waals surface area contributed by atoms with E-state index >= 15 is 0 Å². The number of ether oxygens (including phenoxy) is 1. The summed E-state index contributed by atoms with van der Waals surface area (Å²) in [6.45, 7) is 1.22. The Morgan fingerprint density at radius 1 is 1.52 bits per heavy atom. The summed E-state index contributed by atoms with van der Waals surface area (Å²) >= 11 is 1.49. The van der Waals surface area contributed by atoms with Crippen molar-refractivity contribution < 1.29 is 9.53 Å². The topological polar surface area (TPSA) is 78.2 Å². The number of urea groups is 1. The predicted octanol–water partition coefficient (Wildman–Crippen LogP) is 3.09. The zero-order chi connectivity index (χ0) is 16.1. The normalized spacial score (nSPS) is 17.3. The monoisotopic (exact) mass is 328 g/mol. The van der Waals surface area contributed by atoms with Crippen LogP contribution in [0.3, 0.4) is 0 Å². The van der Waals surface area contributed by atoms with E-state index < -0.39 is 0 Å². The van der Waals surface area contributed by atoms with Crippen molar-refractivity contribution in [3.8, 4) is 11.9 Å². The molecule has 0 aromatic carbocycles. The van der Waals surface area contributed by atoms with E-state index in [0.29, 0.717) is 24.5 Å². The average Bonchev–Trinajstić information content (AvgIpc) is 3.08. The molecule has 118 valence electrons. The largest absolute Gasteiger partial charge is 0.472 e. The third-order valence-corrected chi connectivity index (χ3v) is 4.35. The summed E-state index contributed by atoms with van der Waals surface area (Å²) in [5.74, 6) is 0.426. The molecule has 0 spiro atoms. The summed E-state index contributed by atoms with van der Waals surface area (Å²) in [5.41, 5.74) is 0.512. The van der Waals surface area contributed by atoms with Crippen LogP contribution in [0, 0.1) is 11.3 Å². The van der Waals surface area contributed by atoms with Crippen molar-refractivity contribution in [3.63, 3.8) is 0 Å². The van der Waals surface area contributed by atoms with Gasteiger partial charge in [0.05, 0.1) is 23.2 Å². The van der Waals surface area contributed by atoms with Crippen molar-refractivity contribution in [1.82, 2.24) is 9.88 Å². The molecule has 2 aromatic rings. The number of amides is 2. The smallest absolute Gasteiger partial charge is 0.322 e. The molecule has 2 aromatic heterocycles. The third-order valence-electron chi connectivity index (χ3n) is 3.57. The number of nitrogens with zero attached hydrogens (tertiary/aromatic N) is 3. The molecule has 7 heteroatoms. The number of carbonyl (C=O) groups excluding carboxylic acids is 1. The molecule has 0 saturated carbocycles. The third kappa shape index (κ3) is 3.99. The second-order valence-corrected chi connectivity index (χ2v) is 6.18. The molecule has 1 aliphatic heterocycles. The molecule has 0 bridgehead atoms.